The molecule has 2 amide bonds. The van der Waals surface area contributed by atoms with Gasteiger partial charge in [0.15, 0.2) is 0 Å². The molecule has 1 aromatic carbocycles. The van der Waals surface area contributed by atoms with Crippen LogP contribution in [0.25, 0.3) is 5.57 Å². The van der Waals surface area contributed by atoms with Crippen LogP contribution in [-0.2, 0) is 11.3 Å². The molecule has 8 heteroatoms. The molecule has 1 aliphatic heterocycles. The molecule has 0 unspecified atom stereocenters. The lowest BCUT2D eigenvalue weighted by Gasteiger charge is -2.26. The molecule has 1 atom stereocenters. The highest BCUT2D eigenvalue weighted by Crippen LogP contribution is 2.54. The number of benzene rings is 1. The molecular formula is C28H36FN5O2. The number of pyridine rings is 1. The molecule has 1 aromatic heterocycles. The fourth-order valence-electron chi connectivity index (χ4n) is 5.12. The summed E-state index contributed by atoms with van der Waals surface area (Å²) in [4.78, 5) is 32.2. The molecule has 2 heterocycles. The van der Waals surface area contributed by atoms with Crippen LogP contribution in [0, 0.1) is 17.2 Å². The third-order valence-corrected chi connectivity index (χ3v) is 7.32. The van der Waals surface area contributed by atoms with Gasteiger partial charge in [0, 0.05) is 43.8 Å². The van der Waals surface area contributed by atoms with E-state index in [9.17, 15) is 14.0 Å². The highest BCUT2D eigenvalue weighted by atomic mass is 19.1. The normalized spacial score (nSPS) is 20.2. The van der Waals surface area contributed by atoms with Crippen molar-refractivity contribution in [3.05, 3.63) is 65.4 Å². The van der Waals surface area contributed by atoms with Crippen LogP contribution < -0.4 is 21.3 Å². The van der Waals surface area contributed by atoms with E-state index in [2.05, 4.69) is 22.5 Å². The van der Waals surface area contributed by atoms with Crippen LogP contribution in [0.5, 0.6) is 0 Å². The first kappa shape index (κ1) is 25.8. The average Bonchev–Trinajstić information content (AvgIpc) is 3.66. The number of halogens is 1. The maximum absolute atomic E-state index is 14.3. The summed E-state index contributed by atoms with van der Waals surface area (Å²) in [5, 5.41) is 6.01. The van der Waals surface area contributed by atoms with Crippen LogP contribution in [0.1, 0.15) is 68.1 Å². The van der Waals surface area contributed by atoms with Gasteiger partial charge in [-0.3, -0.25) is 14.6 Å². The summed E-state index contributed by atoms with van der Waals surface area (Å²) < 4.78 is 14.3. The summed E-state index contributed by atoms with van der Waals surface area (Å²) >= 11 is 0. The molecule has 192 valence electrons. The maximum Gasteiger partial charge on any atom is 0.270 e. The van der Waals surface area contributed by atoms with Crippen LogP contribution in [-0.4, -0.2) is 35.9 Å². The second kappa shape index (κ2) is 10.8. The molecule has 2 fully saturated rings. The Morgan fingerprint density at radius 3 is 2.75 bits per heavy atom. The quantitative estimate of drug-likeness (QED) is 0.465. The van der Waals surface area contributed by atoms with Crippen LogP contribution in [0.3, 0.4) is 0 Å². The van der Waals surface area contributed by atoms with Crippen LogP contribution in [0.4, 0.5) is 10.1 Å². The number of nitrogens with zero attached hydrogens (tertiary/aromatic N) is 2. The molecule has 4 rings (SSSR count). The van der Waals surface area contributed by atoms with E-state index in [1.54, 1.807) is 29.4 Å². The zero-order valence-electron chi connectivity index (χ0n) is 21.3. The third kappa shape index (κ3) is 5.43. The van der Waals surface area contributed by atoms with Gasteiger partial charge in [-0.25, -0.2) is 4.39 Å². The number of hydrogen-bond donors (Lipinski definition) is 3. The van der Waals surface area contributed by atoms with Crippen molar-refractivity contribution in [2.24, 2.45) is 17.1 Å². The smallest absolute Gasteiger partial charge is 0.270 e. The van der Waals surface area contributed by atoms with Gasteiger partial charge in [0.25, 0.3) is 5.91 Å². The number of rotatable bonds is 10. The minimum absolute atomic E-state index is 0.133. The van der Waals surface area contributed by atoms with Crippen LogP contribution in [0.15, 0.2) is 42.7 Å². The average molecular weight is 494 g/mol. The largest absolute Gasteiger partial charge is 0.388 e. The summed E-state index contributed by atoms with van der Waals surface area (Å²) in [5.74, 6) is -0.137. The minimum atomic E-state index is -0.400. The number of carbonyl (C=O) groups excluding carboxylic acids is 2. The predicted octanol–water partition coefficient (Wildman–Crippen LogP) is 3.99. The first-order chi connectivity index (χ1) is 17.3. The number of aromatic nitrogens is 1. The first-order valence-electron chi connectivity index (χ1n) is 12.8. The van der Waals surface area contributed by atoms with Gasteiger partial charge in [-0.1, -0.05) is 6.92 Å². The van der Waals surface area contributed by atoms with Crippen molar-refractivity contribution in [3.63, 3.8) is 0 Å². The number of carbonyl (C=O) groups is 2. The Labute approximate surface area is 212 Å². The zero-order chi connectivity index (χ0) is 25.9. The Kier molecular flexibility index (Phi) is 7.73. The van der Waals surface area contributed by atoms with Crippen molar-refractivity contribution in [3.8, 4) is 0 Å². The molecule has 0 bridgehead atoms. The number of nitrogens with one attached hydrogen (secondary N) is 2. The molecular weight excluding hydrogens is 457 g/mol. The van der Waals surface area contributed by atoms with Crippen molar-refractivity contribution in [1.82, 2.24) is 15.6 Å². The molecule has 0 spiro atoms. The molecule has 2 aliphatic rings. The van der Waals surface area contributed by atoms with Gasteiger partial charge in [0.05, 0.1) is 5.41 Å². The van der Waals surface area contributed by atoms with Crippen molar-refractivity contribution in [2.75, 3.05) is 18.0 Å². The van der Waals surface area contributed by atoms with E-state index in [0.29, 0.717) is 29.3 Å². The SMILES string of the molecule is CC[C@@]1(C2CC2)CCN(c2ccnc(C(=O)NCc3cc(F)cc(/C(=C/NC(C)C)CN)c3)c2)C1=O. The van der Waals surface area contributed by atoms with E-state index >= 15 is 0 Å². The summed E-state index contributed by atoms with van der Waals surface area (Å²) in [6, 6.07) is 8.31. The third-order valence-electron chi connectivity index (χ3n) is 7.32. The van der Waals surface area contributed by atoms with Crippen LogP contribution in [0.2, 0.25) is 0 Å². The van der Waals surface area contributed by atoms with E-state index in [4.69, 9.17) is 5.73 Å². The van der Waals surface area contributed by atoms with Gasteiger partial charge in [0.1, 0.15) is 11.5 Å². The van der Waals surface area contributed by atoms with Gasteiger partial charge in [0.2, 0.25) is 5.91 Å². The summed E-state index contributed by atoms with van der Waals surface area (Å²) in [5.41, 5.74) is 8.58. The molecule has 2 aromatic rings. The van der Waals surface area contributed by atoms with Gasteiger partial charge < -0.3 is 21.3 Å². The van der Waals surface area contributed by atoms with E-state index in [0.717, 1.165) is 31.3 Å². The Morgan fingerprint density at radius 2 is 2.08 bits per heavy atom. The second-order valence-corrected chi connectivity index (χ2v) is 10.1. The van der Waals surface area contributed by atoms with E-state index < -0.39 is 5.82 Å². The van der Waals surface area contributed by atoms with E-state index in [1.807, 2.05) is 19.9 Å². The summed E-state index contributed by atoms with van der Waals surface area (Å²) in [6.07, 6.45) is 7.29. The van der Waals surface area contributed by atoms with Gasteiger partial charge in [-0.15, -0.1) is 0 Å². The van der Waals surface area contributed by atoms with Crippen LogP contribution >= 0.6 is 0 Å². The molecule has 7 nitrogen and oxygen atoms in total. The number of nitrogens with two attached hydrogens (primary N) is 1. The monoisotopic (exact) mass is 493 g/mol. The molecule has 36 heavy (non-hydrogen) atoms. The summed E-state index contributed by atoms with van der Waals surface area (Å²) in [7, 11) is 0. The Morgan fingerprint density at radius 1 is 1.31 bits per heavy atom. The Bertz CT molecular complexity index is 1160. The zero-order valence-corrected chi connectivity index (χ0v) is 21.3. The molecule has 1 aliphatic carbocycles. The van der Waals surface area contributed by atoms with Crippen molar-refractivity contribution in [2.45, 2.75) is 59.0 Å². The van der Waals surface area contributed by atoms with Gasteiger partial charge in [-0.2, -0.15) is 0 Å². The fraction of sp³-hybridized carbons (Fsp3) is 0.464. The molecule has 1 saturated carbocycles. The van der Waals surface area contributed by atoms with Crippen molar-refractivity contribution >= 4 is 23.1 Å². The topological polar surface area (TPSA) is 100 Å². The lowest BCUT2D eigenvalue weighted by molar-refractivity contribution is -0.126. The van der Waals surface area contributed by atoms with E-state index in [1.165, 1.54) is 12.1 Å². The van der Waals surface area contributed by atoms with Crippen molar-refractivity contribution < 1.29 is 14.0 Å². The highest BCUT2D eigenvalue weighted by Gasteiger charge is 2.54. The fourth-order valence-corrected chi connectivity index (χ4v) is 5.12. The minimum Gasteiger partial charge on any atom is -0.388 e. The highest BCUT2D eigenvalue weighted by molar-refractivity contribution is 6.01. The summed E-state index contributed by atoms with van der Waals surface area (Å²) in [6.45, 7) is 7.15. The number of hydrogen-bond acceptors (Lipinski definition) is 5. The molecule has 4 N–H and O–H groups in total. The maximum atomic E-state index is 14.3. The Hall–Kier alpha value is -3.26. The lowest BCUT2D eigenvalue weighted by Crippen LogP contribution is -2.36. The standard InChI is InChI=1S/C28H36FN5O2/c1-4-28(22-5-6-22)8-10-34(27(28)36)24-7-9-31-25(14-24)26(35)33-16-19-11-20(13-23(29)12-19)21(15-30)17-32-18(2)3/h7,9,11-14,17-18,22,32H,4-6,8,10,15-16,30H2,1-3H3,(H,33,35)/b21-17+/t28-/m0/s1. The van der Waals surface area contributed by atoms with Crippen molar-refractivity contribution in [1.29, 1.82) is 0 Å². The second-order valence-electron chi connectivity index (χ2n) is 10.1. The van der Waals surface area contributed by atoms with E-state index in [-0.39, 0.29) is 42.1 Å². The molecule has 0 radical (unpaired) electrons. The number of anilines is 1. The lowest BCUT2D eigenvalue weighted by atomic mass is 9.78. The van der Waals surface area contributed by atoms with Gasteiger partial charge in [-0.05, 0) is 92.5 Å². The first-order valence-corrected chi connectivity index (χ1v) is 12.8. The number of amides is 2. The van der Waals surface area contributed by atoms with Gasteiger partial charge >= 0.3 is 0 Å². The predicted molar refractivity (Wildman–Crippen MR) is 140 cm³/mol. The molecule has 1 saturated heterocycles. The Balaban J connectivity index is 1.45.